The van der Waals surface area contributed by atoms with Crippen LogP contribution >= 0.6 is 0 Å². The van der Waals surface area contributed by atoms with E-state index in [-0.39, 0.29) is 12.1 Å². The Hall–Kier alpha value is -1.14. The highest BCUT2D eigenvalue weighted by Gasteiger charge is 2.34. The quantitative estimate of drug-likeness (QED) is 0.619. The second kappa shape index (κ2) is 5.27. The van der Waals surface area contributed by atoms with Crippen LogP contribution < -0.4 is 11.1 Å². The van der Waals surface area contributed by atoms with Crippen LogP contribution in [0.5, 0.6) is 0 Å². The van der Waals surface area contributed by atoms with Crippen molar-refractivity contribution in [3.8, 4) is 0 Å². The zero-order valence-corrected chi connectivity index (χ0v) is 8.44. The highest BCUT2D eigenvalue weighted by Crippen LogP contribution is 2.32. The highest BCUT2D eigenvalue weighted by atomic mass is 19.4. The standard InChI is InChI=1S/C10H12F4N2/c11-9-7(6-16-5-4-15)2-1-3-8(9)10(12,13)14/h1-3,16H,4-6,15H2. The van der Waals surface area contributed by atoms with Crippen molar-refractivity contribution in [3.05, 3.63) is 35.1 Å². The molecule has 0 radical (unpaired) electrons. The first kappa shape index (κ1) is 12.9. The molecule has 1 rings (SSSR count). The number of nitrogens with two attached hydrogens (primary N) is 1. The molecule has 0 aromatic heterocycles. The van der Waals surface area contributed by atoms with E-state index in [1.54, 1.807) is 0 Å². The monoisotopic (exact) mass is 236 g/mol. The molecule has 0 bridgehead atoms. The molecule has 16 heavy (non-hydrogen) atoms. The summed E-state index contributed by atoms with van der Waals surface area (Å²) in [5.41, 5.74) is 3.95. The molecule has 0 fully saturated rings. The second-order valence-electron chi connectivity index (χ2n) is 3.24. The molecule has 0 saturated heterocycles. The van der Waals surface area contributed by atoms with E-state index < -0.39 is 17.6 Å². The number of halogens is 4. The van der Waals surface area contributed by atoms with E-state index in [2.05, 4.69) is 5.32 Å². The van der Waals surface area contributed by atoms with Crippen molar-refractivity contribution in [1.29, 1.82) is 0 Å². The minimum atomic E-state index is -4.66. The van der Waals surface area contributed by atoms with Gasteiger partial charge in [-0.1, -0.05) is 12.1 Å². The lowest BCUT2D eigenvalue weighted by molar-refractivity contribution is -0.140. The first-order chi connectivity index (χ1) is 7.46. The first-order valence-electron chi connectivity index (χ1n) is 4.72. The van der Waals surface area contributed by atoms with Crippen molar-refractivity contribution in [2.45, 2.75) is 12.7 Å². The fourth-order valence-corrected chi connectivity index (χ4v) is 1.26. The average Bonchev–Trinajstić information content (AvgIpc) is 2.19. The molecule has 2 nitrogen and oxygen atoms in total. The average molecular weight is 236 g/mol. The van der Waals surface area contributed by atoms with E-state index in [0.717, 1.165) is 6.07 Å². The zero-order chi connectivity index (χ0) is 12.2. The molecular weight excluding hydrogens is 224 g/mol. The summed E-state index contributed by atoms with van der Waals surface area (Å²) in [7, 11) is 0. The maximum atomic E-state index is 13.4. The van der Waals surface area contributed by atoms with Gasteiger partial charge in [0.15, 0.2) is 0 Å². The van der Waals surface area contributed by atoms with Gasteiger partial charge in [0.25, 0.3) is 0 Å². The predicted octanol–water partition coefficient (Wildman–Crippen LogP) is 1.89. The van der Waals surface area contributed by atoms with Crippen LogP contribution in [0.1, 0.15) is 11.1 Å². The molecule has 0 unspecified atom stereocenters. The minimum Gasteiger partial charge on any atom is -0.329 e. The molecular formula is C10H12F4N2. The van der Waals surface area contributed by atoms with Crippen LogP contribution in [0.4, 0.5) is 17.6 Å². The van der Waals surface area contributed by atoms with Gasteiger partial charge in [-0.05, 0) is 6.07 Å². The smallest absolute Gasteiger partial charge is 0.329 e. The molecule has 90 valence electrons. The van der Waals surface area contributed by atoms with Crippen molar-refractivity contribution in [2.75, 3.05) is 13.1 Å². The Labute approximate surface area is 90.4 Å². The van der Waals surface area contributed by atoms with Gasteiger partial charge in [-0.3, -0.25) is 0 Å². The minimum absolute atomic E-state index is 0.0109. The Morgan fingerprint density at radius 2 is 1.94 bits per heavy atom. The zero-order valence-electron chi connectivity index (χ0n) is 8.44. The summed E-state index contributed by atoms with van der Waals surface area (Å²) < 4.78 is 50.4. The summed E-state index contributed by atoms with van der Waals surface area (Å²) >= 11 is 0. The van der Waals surface area contributed by atoms with Gasteiger partial charge >= 0.3 is 6.18 Å². The molecule has 0 spiro atoms. The molecule has 0 heterocycles. The molecule has 0 aliphatic carbocycles. The number of benzene rings is 1. The molecule has 3 N–H and O–H groups in total. The van der Waals surface area contributed by atoms with Gasteiger partial charge in [0, 0.05) is 25.2 Å². The molecule has 1 aromatic carbocycles. The Morgan fingerprint density at radius 3 is 2.50 bits per heavy atom. The van der Waals surface area contributed by atoms with E-state index in [9.17, 15) is 17.6 Å². The number of nitrogens with one attached hydrogen (secondary N) is 1. The lowest BCUT2D eigenvalue weighted by Crippen LogP contribution is -2.23. The van der Waals surface area contributed by atoms with Crippen LogP contribution in [-0.4, -0.2) is 13.1 Å². The summed E-state index contributed by atoms with van der Waals surface area (Å²) in [6.07, 6.45) is -4.66. The third-order valence-electron chi connectivity index (χ3n) is 2.02. The lowest BCUT2D eigenvalue weighted by atomic mass is 10.1. The maximum absolute atomic E-state index is 13.4. The summed E-state index contributed by atoms with van der Waals surface area (Å²) in [4.78, 5) is 0. The Morgan fingerprint density at radius 1 is 1.25 bits per heavy atom. The Kier molecular flexibility index (Phi) is 4.26. The van der Waals surface area contributed by atoms with Crippen LogP contribution in [0.3, 0.4) is 0 Å². The van der Waals surface area contributed by atoms with Crippen LogP contribution in [-0.2, 0) is 12.7 Å². The third-order valence-corrected chi connectivity index (χ3v) is 2.02. The van der Waals surface area contributed by atoms with E-state index >= 15 is 0 Å². The Balaban J connectivity index is 2.87. The van der Waals surface area contributed by atoms with Gasteiger partial charge in [0.1, 0.15) is 5.82 Å². The molecule has 1 aromatic rings. The highest BCUT2D eigenvalue weighted by molar-refractivity contribution is 5.28. The molecule has 0 aliphatic rings. The Bertz CT molecular complexity index is 349. The van der Waals surface area contributed by atoms with Crippen LogP contribution in [0.2, 0.25) is 0 Å². The summed E-state index contributed by atoms with van der Waals surface area (Å²) in [6.45, 7) is 0.809. The number of hydrogen-bond acceptors (Lipinski definition) is 2. The van der Waals surface area contributed by atoms with E-state index in [0.29, 0.717) is 13.1 Å². The van der Waals surface area contributed by atoms with Crippen molar-refractivity contribution in [2.24, 2.45) is 5.73 Å². The second-order valence-corrected chi connectivity index (χ2v) is 3.24. The van der Waals surface area contributed by atoms with Crippen molar-refractivity contribution in [1.82, 2.24) is 5.32 Å². The number of rotatable bonds is 4. The number of alkyl halides is 3. The third kappa shape index (κ3) is 3.18. The molecule has 0 aliphatic heterocycles. The SMILES string of the molecule is NCCNCc1cccc(C(F)(F)F)c1F. The van der Waals surface area contributed by atoms with Gasteiger partial charge < -0.3 is 11.1 Å². The van der Waals surface area contributed by atoms with Crippen LogP contribution in [0.15, 0.2) is 18.2 Å². The number of hydrogen-bond donors (Lipinski definition) is 2. The van der Waals surface area contributed by atoms with E-state index in [1.165, 1.54) is 12.1 Å². The summed E-state index contributed by atoms with van der Waals surface area (Å²) in [6, 6.07) is 3.22. The largest absolute Gasteiger partial charge is 0.419 e. The predicted molar refractivity (Wildman–Crippen MR) is 52.2 cm³/mol. The molecule has 0 atom stereocenters. The summed E-state index contributed by atoms with van der Waals surface area (Å²) in [5.74, 6) is -1.22. The molecule has 0 amide bonds. The topological polar surface area (TPSA) is 38.0 Å². The fraction of sp³-hybridized carbons (Fsp3) is 0.400. The van der Waals surface area contributed by atoms with Crippen LogP contribution in [0, 0.1) is 5.82 Å². The van der Waals surface area contributed by atoms with Gasteiger partial charge in [-0.2, -0.15) is 13.2 Å². The fourth-order valence-electron chi connectivity index (χ4n) is 1.26. The van der Waals surface area contributed by atoms with Crippen molar-refractivity contribution in [3.63, 3.8) is 0 Å². The maximum Gasteiger partial charge on any atom is 0.419 e. The lowest BCUT2D eigenvalue weighted by Gasteiger charge is -2.11. The van der Waals surface area contributed by atoms with Gasteiger partial charge in [-0.15, -0.1) is 0 Å². The molecule has 0 saturated carbocycles. The van der Waals surface area contributed by atoms with Gasteiger partial charge in [-0.25, -0.2) is 4.39 Å². The van der Waals surface area contributed by atoms with Crippen molar-refractivity contribution < 1.29 is 17.6 Å². The van der Waals surface area contributed by atoms with Gasteiger partial charge in [0.2, 0.25) is 0 Å². The normalized spacial score (nSPS) is 11.8. The van der Waals surface area contributed by atoms with Gasteiger partial charge in [0.05, 0.1) is 5.56 Å². The summed E-state index contributed by atoms with van der Waals surface area (Å²) in [5, 5.41) is 2.74. The first-order valence-corrected chi connectivity index (χ1v) is 4.72. The molecule has 6 heteroatoms. The van der Waals surface area contributed by atoms with E-state index in [1.807, 2.05) is 0 Å². The van der Waals surface area contributed by atoms with Crippen LogP contribution in [0.25, 0.3) is 0 Å². The van der Waals surface area contributed by atoms with E-state index in [4.69, 9.17) is 5.73 Å². The van der Waals surface area contributed by atoms with Crippen molar-refractivity contribution >= 4 is 0 Å².